The fraction of sp³-hybridized carbons (Fsp3) is 0.364. The highest BCUT2D eigenvalue weighted by Gasteiger charge is 2.25. The van der Waals surface area contributed by atoms with E-state index >= 15 is 0 Å². The predicted octanol–water partition coefficient (Wildman–Crippen LogP) is 3.42. The van der Waals surface area contributed by atoms with E-state index in [-0.39, 0.29) is 17.0 Å². The molecule has 0 N–H and O–H groups in total. The summed E-state index contributed by atoms with van der Waals surface area (Å²) >= 11 is 0. The molecule has 1 fully saturated rings. The van der Waals surface area contributed by atoms with E-state index in [0.29, 0.717) is 37.6 Å². The van der Waals surface area contributed by atoms with Crippen molar-refractivity contribution in [1.29, 1.82) is 0 Å². The summed E-state index contributed by atoms with van der Waals surface area (Å²) in [6.45, 7) is 5.55. The number of hydrogen-bond donors (Lipinski definition) is 0. The van der Waals surface area contributed by atoms with Crippen LogP contribution in [0.25, 0.3) is 0 Å². The van der Waals surface area contributed by atoms with Gasteiger partial charge in [-0.2, -0.15) is 0 Å². The molecule has 1 atom stereocenters. The Bertz CT molecular complexity index is 935. The SMILES string of the molecule is CCc1ccc(C(=O)C(C)OC(=O)c2ccc(N3CCOCC3)c([N+](=O)[O-])c2)cc1. The zero-order chi connectivity index (χ0) is 21.7. The van der Waals surface area contributed by atoms with Crippen molar-refractivity contribution in [1.82, 2.24) is 0 Å². The lowest BCUT2D eigenvalue weighted by molar-refractivity contribution is -0.384. The average molecular weight is 412 g/mol. The number of nitrogens with zero attached hydrogens (tertiary/aromatic N) is 2. The lowest BCUT2D eigenvalue weighted by Gasteiger charge is -2.28. The van der Waals surface area contributed by atoms with Crippen LogP contribution in [0.4, 0.5) is 11.4 Å². The minimum atomic E-state index is -1.01. The molecule has 2 aromatic rings. The number of hydrogen-bond acceptors (Lipinski definition) is 7. The summed E-state index contributed by atoms with van der Waals surface area (Å²) in [5.41, 5.74) is 1.82. The van der Waals surface area contributed by atoms with Crippen LogP contribution >= 0.6 is 0 Å². The van der Waals surface area contributed by atoms with Crippen LogP contribution in [0.15, 0.2) is 42.5 Å². The average Bonchev–Trinajstić information content (AvgIpc) is 2.78. The Morgan fingerprint density at radius 3 is 2.37 bits per heavy atom. The van der Waals surface area contributed by atoms with E-state index in [1.165, 1.54) is 25.1 Å². The van der Waals surface area contributed by atoms with Gasteiger partial charge in [-0.3, -0.25) is 14.9 Å². The van der Waals surface area contributed by atoms with Crippen LogP contribution in [0.5, 0.6) is 0 Å². The maximum atomic E-state index is 12.5. The van der Waals surface area contributed by atoms with Crippen LogP contribution in [0.1, 0.15) is 40.1 Å². The van der Waals surface area contributed by atoms with Crippen molar-refractivity contribution in [3.05, 3.63) is 69.3 Å². The third-order valence-electron chi connectivity index (χ3n) is 5.06. The van der Waals surface area contributed by atoms with E-state index in [1.807, 2.05) is 24.0 Å². The lowest BCUT2D eigenvalue weighted by atomic mass is 10.0. The number of morpholine rings is 1. The zero-order valence-corrected chi connectivity index (χ0v) is 17.0. The molecule has 2 aromatic carbocycles. The van der Waals surface area contributed by atoms with E-state index in [2.05, 4.69) is 0 Å². The first kappa shape index (κ1) is 21.4. The molecule has 1 saturated heterocycles. The van der Waals surface area contributed by atoms with Crippen molar-refractivity contribution in [2.24, 2.45) is 0 Å². The third kappa shape index (κ3) is 4.83. The number of anilines is 1. The zero-order valence-electron chi connectivity index (χ0n) is 17.0. The summed E-state index contributed by atoms with van der Waals surface area (Å²) in [4.78, 5) is 37.9. The van der Waals surface area contributed by atoms with E-state index < -0.39 is 17.0 Å². The minimum absolute atomic E-state index is 0.0275. The topological polar surface area (TPSA) is 99.0 Å². The number of rotatable bonds is 7. The van der Waals surface area contributed by atoms with Crippen LogP contribution in [-0.4, -0.2) is 49.1 Å². The number of carbonyl (C=O) groups excluding carboxylic acids is 2. The second kappa shape index (κ2) is 9.49. The smallest absolute Gasteiger partial charge is 0.339 e. The molecule has 0 aliphatic carbocycles. The number of Topliss-reactive ketones (excluding diaryl/α,β-unsaturated/α-hetero) is 1. The van der Waals surface area contributed by atoms with Gasteiger partial charge >= 0.3 is 5.97 Å². The standard InChI is InChI=1S/C22H24N2O6/c1-3-16-4-6-17(7-5-16)21(25)15(2)30-22(26)18-8-9-19(20(14-18)24(27)28)23-10-12-29-13-11-23/h4-9,14-15H,3,10-13H2,1-2H3. The number of nitro groups is 1. The molecule has 1 aliphatic rings. The Kier molecular flexibility index (Phi) is 6.79. The van der Waals surface area contributed by atoms with Gasteiger partial charge in [0.25, 0.3) is 5.69 Å². The minimum Gasteiger partial charge on any atom is -0.451 e. The first-order chi connectivity index (χ1) is 14.4. The number of nitro benzene ring substituents is 1. The highest BCUT2D eigenvalue weighted by atomic mass is 16.6. The van der Waals surface area contributed by atoms with Crippen molar-refractivity contribution < 1.29 is 24.0 Å². The molecule has 0 spiro atoms. The van der Waals surface area contributed by atoms with E-state index in [0.717, 1.165) is 12.0 Å². The number of esters is 1. The molecular weight excluding hydrogens is 388 g/mol. The largest absolute Gasteiger partial charge is 0.451 e. The molecule has 1 unspecified atom stereocenters. The number of benzene rings is 2. The van der Waals surface area contributed by atoms with Crippen molar-refractivity contribution in [2.45, 2.75) is 26.4 Å². The van der Waals surface area contributed by atoms with Gasteiger partial charge in [-0.25, -0.2) is 4.79 Å². The molecule has 1 aliphatic heterocycles. The van der Waals surface area contributed by atoms with Crippen molar-refractivity contribution in [3.8, 4) is 0 Å². The Morgan fingerprint density at radius 2 is 1.77 bits per heavy atom. The number of ether oxygens (including phenoxy) is 2. The van der Waals surface area contributed by atoms with Crippen LogP contribution in [0.2, 0.25) is 0 Å². The van der Waals surface area contributed by atoms with Crippen molar-refractivity contribution in [2.75, 3.05) is 31.2 Å². The first-order valence-corrected chi connectivity index (χ1v) is 9.86. The van der Waals surface area contributed by atoms with Crippen LogP contribution < -0.4 is 4.90 Å². The number of ketones is 1. The van der Waals surface area contributed by atoms with Gasteiger partial charge in [-0.15, -0.1) is 0 Å². The van der Waals surface area contributed by atoms with Crippen LogP contribution in [0, 0.1) is 10.1 Å². The van der Waals surface area contributed by atoms with Gasteiger partial charge < -0.3 is 14.4 Å². The lowest BCUT2D eigenvalue weighted by Crippen LogP contribution is -2.36. The summed E-state index contributed by atoms with van der Waals surface area (Å²) in [7, 11) is 0. The summed E-state index contributed by atoms with van der Waals surface area (Å²) in [6, 6.07) is 11.3. The molecule has 30 heavy (non-hydrogen) atoms. The normalized spacial score (nSPS) is 14.8. The number of aryl methyl sites for hydroxylation is 1. The van der Waals surface area contributed by atoms with E-state index in [1.54, 1.807) is 12.1 Å². The molecule has 158 valence electrons. The van der Waals surface area contributed by atoms with Crippen LogP contribution in [0.3, 0.4) is 0 Å². The van der Waals surface area contributed by atoms with Crippen LogP contribution in [-0.2, 0) is 15.9 Å². The van der Waals surface area contributed by atoms with Gasteiger partial charge in [0.2, 0.25) is 5.78 Å². The van der Waals surface area contributed by atoms with Gasteiger partial charge in [-0.05, 0) is 31.0 Å². The molecule has 0 radical (unpaired) electrons. The molecule has 3 rings (SSSR count). The summed E-state index contributed by atoms with van der Waals surface area (Å²) in [6.07, 6.45) is -0.152. The van der Waals surface area contributed by atoms with Gasteiger partial charge in [0.05, 0.1) is 23.7 Å². The molecule has 0 bridgehead atoms. The molecule has 0 saturated carbocycles. The van der Waals surface area contributed by atoms with E-state index in [9.17, 15) is 19.7 Å². The molecule has 1 heterocycles. The van der Waals surface area contributed by atoms with Gasteiger partial charge in [0.1, 0.15) is 5.69 Å². The van der Waals surface area contributed by atoms with Gasteiger partial charge in [-0.1, -0.05) is 31.2 Å². The van der Waals surface area contributed by atoms with Gasteiger partial charge in [0, 0.05) is 24.7 Å². The Morgan fingerprint density at radius 1 is 1.13 bits per heavy atom. The van der Waals surface area contributed by atoms with Crippen molar-refractivity contribution >= 4 is 23.1 Å². The molecule has 0 aromatic heterocycles. The van der Waals surface area contributed by atoms with Gasteiger partial charge in [0.15, 0.2) is 6.10 Å². The number of carbonyl (C=O) groups is 2. The Balaban J connectivity index is 1.74. The molecule has 0 amide bonds. The fourth-order valence-corrected chi connectivity index (χ4v) is 3.29. The maximum Gasteiger partial charge on any atom is 0.339 e. The molecular formula is C22H24N2O6. The Labute approximate surface area is 174 Å². The maximum absolute atomic E-state index is 12.5. The monoisotopic (exact) mass is 412 g/mol. The summed E-state index contributed by atoms with van der Waals surface area (Å²) < 4.78 is 10.6. The summed E-state index contributed by atoms with van der Waals surface area (Å²) in [5.74, 6) is -1.11. The fourth-order valence-electron chi connectivity index (χ4n) is 3.29. The summed E-state index contributed by atoms with van der Waals surface area (Å²) in [5, 5.41) is 11.5. The predicted molar refractivity (Wildman–Crippen MR) is 111 cm³/mol. The van der Waals surface area contributed by atoms with E-state index in [4.69, 9.17) is 9.47 Å². The highest BCUT2D eigenvalue weighted by Crippen LogP contribution is 2.30. The quantitative estimate of drug-likeness (QED) is 0.297. The van der Waals surface area contributed by atoms with Crippen molar-refractivity contribution in [3.63, 3.8) is 0 Å². The second-order valence-corrected chi connectivity index (χ2v) is 7.02. The third-order valence-corrected chi connectivity index (χ3v) is 5.06. The second-order valence-electron chi connectivity index (χ2n) is 7.02. The Hall–Kier alpha value is -3.26. The molecule has 8 nitrogen and oxygen atoms in total. The first-order valence-electron chi connectivity index (χ1n) is 9.86. The highest BCUT2D eigenvalue weighted by molar-refractivity contribution is 6.01. The molecule has 8 heteroatoms.